The molecule has 1 aromatic rings. The number of aromatic nitrogens is 2. The molecule has 0 bridgehead atoms. The van der Waals surface area contributed by atoms with E-state index in [1.165, 1.54) is 5.56 Å². The first-order chi connectivity index (χ1) is 5.63. The van der Waals surface area contributed by atoms with Crippen molar-refractivity contribution in [1.29, 1.82) is 0 Å². The Kier molecular flexibility index (Phi) is 3.32. The molecular weight excluding hydrogens is 216 g/mol. The smallest absolute Gasteiger partial charge is 0.0625 e. The molecule has 1 atom stereocenters. The highest BCUT2D eigenvalue weighted by Crippen LogP contribution is 2.12. The lowest BCUT2D eigenvalue weighted by Gasteiger charge is -2.04. The van der Waals surface area contributed by atoms with E-state index in [1.54, 1.807) is 0 Å². The number of halogens is 1. The molecule has 0 spiro atoms. The highest BCUT2D eigenvalue weighted by atomic mass is 79.9. The summed E-state index contributed by atoms with van der Waals surface area (Å²) < 4.78 is 1.88. The zero-order valence-corrected chi connectivity index (χ0v) is 9.43. The predicted octanol–water partition coefficient (Wildman–Crippen LogP) is 2.30. The van der Waals surface area contributed by atoms with Gasteiger partial charge in [0.2, 0.25) is 0 Å². The Morgan fingerprint density at radius 1 is 1.67 bits per heavy atom. The van der Waals surface area contributed by atoms with Gasteiger partial charge in [-0.3, -0.25) is 4.68 Å². The summed E-state index contributed by atoms with van der Waals surface area (Å²) in [4.78, 5) is 0. The second-order valence-electron chi connectivity index (χ2n) is 3.38. The summed E-state index contributed by atoms with van der Waals surface area (Å²) in [6, 6.07) is 0. The molecule has 1 aromatic heterocycles. The molecule has 12 heavy (non-hydrogen) atoms. The molecule has 0 N–H and O–H groups in total. The molecule has 0 aliphatic carbocycles. The first-order valence-corrected chi connectivity index (χ1v) is 5.30. The van der Waals surface area contributed by atoms with Crippen molar-refractivity contribution in [1.82, 2.24) is 9.78 Å². The van der Waals surface area contributed by atoms with Gasteiger partial charge in [-0.15, -0.1) is 0 Å². The van der Waals surface area contributed by atoms with E-state index in [0.717, 1.165) is 17.4 Å². The van der Waals surface area contributed by atoms with Gasteiger partial charge in [-0.1, -0.05) is 22.9 Å². The summed E-state index contributed by atoms with van der Waals surface area (Å²) in [6.45, 7) is 4.30. The maximum atomic E-state index is 4.30. The summed E-state index contributed by atoms with van der Waals surface area (Å²) in [5.41, 5.74) is 2.52. The van der Waals surface area contributed by atoms with E-state index in [-0.39, 0.29) is 0 Å². The van der Waals surface area contributed by atoms with Gasteiger partial charge in [0.25, 0.3) is 0 Å². The minimum Gasteiger partial charge on any atom is -0.275 e. The van der Waals surface area contributed by atoms with Crippen LogP contribution in [-0.4, -0.2) is 15.1 Å². The van der Waals surface area contributed by atoms with E-state index < -0.39 is 0 Å². The van der Waals surface area contributed by atoms with Gasteiger partial charge in [-0.2, -0.15) is 5.10 Å². The molecule has 0 radical (unpaired) electrons. The highest BCUT2D eigenvalue weighted by molar-refractivity contribution is 9.09. The fourth-order valence-corrected chi connectivity index (χ4v) is 1.51. The molecule has 2 nitrogen and oxygen atoms in total. The van der Waals surface area contributed by atoms with Gasteiger partial charge in [0, 0.05) is 18.6 Å². The van der Waals surface area contributed by atoms with E-state index in [2.05, 4.69) is 41.1 Å². The zero-order valence-electron chi connectivity index (χ0n) is 7.84. The molecule has 0 saturated heterocycles. The third kappa shape index (κ3) is 2.34. The summed E-state index contributed by atoms with van der Waals surface area (Å²) in [7, 11) is 1.97. The van der Waals surface area contributed by atoms with Crippen molar-refractivity contribution in [3.63, 3.8) is 0 Å². The van der Waals surface area contributed by atoms with E-state index in [0.29, 0.717) is 5.92 Å². The van der Waals surface area contributed by atoms with Crippen LogP contribution in [0.4, 0.5) is 0 Å². The molecule has 0 aromatic carbocycles. The molecule has 1 rings (SSSR count). The van der Waals surface area contributed by atoms with Crippen molar-refractivity contribution in [3.8, 4) is 0 Å². The summed E-state index contributed by atoms with van der Waals surface area (Å²) in [5.74, 6) is 0.688. The quantitative estimate of drug-likeness (QED) is 0.730. The molecule has 3 heteroatoms. The van der Waals surface area contributed by atoms with Crippen LogP contribution in [0, 0.1) is 12.8 Å². The van der Waals surface area contributed by atoms with Crippen LogP contribution in [0.15, 0.2) is 6.20 Å². The molecule has 1 unspecified atom stereocenters. The van der Waals surface area contributed by atoms with Gasteiger partial charge >= 0.3 is 0 Å². The number of aryl methyl sites for hydroxylation is 2. The van der Waals surface area contributed by atoms with E-state index >= 15 is 0 Å². The van der Waals surface area contributed by atoms with Crippen molar-refractivity contribution in [3.05, 3.63) is 17.5 Å². The minimum absolute atomic E-state index is 0.688. The van der Waals surface area contributed by atoms with Gasteiger partial charge in [-0.25, -0.2) is 0 Å². The monoisotopic (exact) mass is 230 g/mol. The lowest BCUT2D eigenvalue weighted by atomic mass is 10.0. The first kappa shape index (κ1) is 9.78. The van der Waals surface area contributed by atoms with Crippen molar-refractivity contribution in [2.75, 3.05) is 5.33 Å². The molecule has 0 saturated carbocycles. The Labute approximate surface area is 82.1 Å². The second-order valence-corrected chi connectivity index (χ2v) is 4.02. The van der Waals surface area contributed by atoms with Crippen LogP contribution < -0.4 is 0 Å². The van der Waals surface area contributed by atoms with Crippen LogP contribution in [0.3, 0.4) is 0 Å². The van der Waals surface area contributed by atoms with Crippen LogP contribution in [0.5, 0.6) is 0 Å². The average molecular weight is 231 g/mol. The Morgan fingerprint density at radius 2 is 2.33 bits per heavy atom. The maximum absolute atomic E-state index is 4.30. The van der Waals surface area contributed by atoms with Crippen molar-refractivity contribution >= 4 is 15.9 Å². The van der Waals surface area contributed by atoms with Crippen molar-refractivity contribution < 1.29 is 0 Å². The fourth-order valence-electron chi connectivity index (χ4n) is 1.28. The normalized spacial score (nSPS) is 13.3. The standard InChI is InChI=1S/C9H15BrN2/c1-7(5-10)4-9-6-12(3)11-8(9)2/h6-7H,4-5H2,1-3H3. The topological polar surface area (TPSA) is 17.8 Å². The van der Waals surface area contributed by atoms with E-state index in [4.69, 9.17) is 0 Å². The molecule has 0 amide bonds. The number of hydrogen-bond acceptors (Lipinski definition) is 1. The number of hydrogen-bond donors (Lipinski definition) is 0. The molecule has 68 valence electrons. The van der Waals surface area contributed by atoms with E-state index in [9.17, 15) is 0 Å². The van der Waals surface area contributed by atoms with Crippen LogP contribution in [0.2, 0.25) is 0 Å². The fraction of sp³-hybridized carbons (Fsp3) is 0.667. The maximum Gasteiger partial charge on any atom is 0.0625 e. The Morgan fingerprint density at radius 3 is 2.75 bits per heavy atom. The number of alkyl halides is 1. The van der Waals surface area contributed by atoms with Gasteiger partial charge < -0.3 is 0 Å². The van der Waals surface area contributed by atoms with Gasteiger partial charge in [-0.05, 0) is 24.8 Å². The SMILES string of the molecule is Cc1nn(C)cc1CC(C)CBr. The predicted molar refractivity (Wildman–Crippen MR) is 54.6 cm³/mol. The van der Waals surface area contributed by atoms with Crippen molar-refractivity contribution in [2.24, 2.45) is 13.0 Å². The van der Waals surface area contributed by atoms with E-state index in [1.807, 2.05) is 11.7 Å². The van der Waals surface area contributed by atoms with Gasteiger partial charge in [0.1, 0.15) is 0 Å². The van der Waals surface area contributed by atoms with Crippen molar-refractivity contribution in [2.45, 2.75) is 20.3 Å². The Hall–Kier alpha value is -0.310. The van der Waals surface area contributed by atoms with Gasteiger partial charge in [0.05, 0.1) is 5.69 Å². The molecule has 1 heterocycles. The largest absolute Gasteiger partial charge is 0.275 e. The summed E-state index contributed by atoms with van der Waals surface area (Å²) >= 11 is 3.48. The second kappa shape index (κ2) is 4.08. The third-order valence-electron chi connectivity index (χ3n) is 1.95. The molecular formula is C9H15BrN2. The first-order valence-electron chi connectivity index (χ1n) is 4.18. The third-order valence-corrected chi connectivity index (χ3v) is 3.05. The Bertz CT molecular complexity index is 255. The number of rotatable bonds is 3. The number of nitrogens with zero attached hydrogens (tertiary/aromatic N) is 2. The average Bonchev–Trinajstić information content (AvgIpc) is 2.30. The van der Waals surface area contributed by atoms with Crippen LogP contribution >= 0.6 is 15.9 Å². The Balaban J connectivity index is 2.68. The molecule has 0 fully saturated rings. The van der Waals surface area contributed by atoms with Gasteiger partial charge in [0.15, 0.2) is 0 Å². The van der Waals surface area contributed by atoms with Crippen LogP contribution in [0.25, 0.3) is 0 Å². The summed E-state index contributed by atoms with van der Waals surface area (Å²) in [6.07, 6.45) is 3.22. The molecule has 0 aliphatic rings. The summed E-state index contributed by atoms with van der Waals surface area (Å²) in [5, 5.41) is 5.36. The lowest BCUT2D eigenvalue weighted by Crippen LogP contribution is -2.00. The highest BCUT2D eigenvalue weighted by Gasteiger charge is 2.06. The molecule has 0 aliphatic heterocycles. The van der Waals surface area contributed by atoms with Crippen LogP contribution in [-0.2, 0) is 13.5 Å². The van der Waals surface area contributed by atoms with Crippen LogP contribution in [0.1, 0.15) is 18.2 Å². The minimum atomic E-state index is 0.688. The zero-order chi connectivity index (χ0) is 9.14. The lowest BCUT2D eigenvalue weighted by molar-refractivity contribution is 0.660.